The molecule has 1 saturated carbocycles. The largest absolute Gasteiger partial charge is 0.394 e. The fraction of sp³-hybridized carbons (Fsp3) is 1.00. The topological polar surface area (TPSA) is 66.5 Å². The number of nitrogens with two attached hydrogens (primary N) is 1. The van der Waals surface area contributed by atoms with Crippen LogP contribution in [0.5, 0.6) is 0 Å². The Morgan fingerprint density at radius 3 is 2.00 bits per heavy atom. The normalized spacial score (nSPS) is 21.0. The fourth-order valence-corrected chi connectivity index (χ4v) is 1.81. The average molecular weight is 159 g/mol. The van der Waals surface area contributed by atoms with Crippen LogP contribution in [0.2, 0.25) is 0 Å². The molecule has 4 N–H and O–H groups in total. The SMILES string of the molecule is NC(CO)(CO)C1CCCC1. The van der Waals surface area contributed by atoms with Crippen LogP contribution in [0.1, 0.15) is 25.7 Å². The highest BCUT2D eigenvalue weighted by Gasteiger charge is 2.35. The van der Waals surface area contributed by atoms with Crippen LogP contribution in [0.4, 0.5) is 0 Å². The Bertz CT molecular complexity index is 117. The van der Waals surface area contributed by atoms with Crippen LogP contribution in [0.3, 0.4) is 0 Å². The second-order valence-corrected chi connectivity index (χ2v) is 3.53. The minimum Gasteiger partial charge on any atom is -0.394 e. The Morgan fingerprint density at radius 1 is 1.18 bits per heavy atom. The third kappa shape index (κ3) is 1.72. The summed E-state index contributed by atoms with van der Waals surface area (Å²) in [4.78, 5) is 0. The van der Waals surface area contributed by atoms with Gasteiger partial charge in [-0.2, -0.15) is 0 Å². The van der Waals surface area contributed by atoms with Gasteiger partial charge in [-0.1, -0.05) is 12.8 Å². The van der Waals surface area contributed by atoms with Crippen molar-refractivity contribution in [3.63, 3.8) is 0 Å². The summed E-state index contributed by atoms with van der Waals surface area (Å²) in [6.45, 7) is -0.206. The molecule has 0 aromatic carbocycles. The fourth-order valence-electron chi connectivity index (χ4n) is 1.81. The third-order valence-electron chi connectivity index (χ3n) is 2.76. The van der Waals surface area contributed by atoms with Gasteiger partial charge < -0.3 is 15.9 Å². The quantitative estimate of drug-likeness (QED) is 0.537. The highest BCUT2D eigenvalue weighted by Crippen LogP contribution is 2.32. The molecule has 0 heterocycles. The molecular weight excluding hydrogens is 142 g/mol. The maximum absolute atomic E-state index is 8.96. The predicted molar refractivity (Wildman–Crippen MR) is 43.0 cm³/mol. The molecule has 1 rings (SSSR count). The highest BCUT2D eigenvalue weighted by atomic mass is 16.3. The van der Waals surface area contributed by atoms with Crippen molar-refractivity contribution in [3.8, 4) is 0 Å². The molecule has 0 atom stereocenters. The smallest absolute Gasteiger partial charge is 0.0651 e. The molecule has 1 fully saturated rings. The number of rotatable bonds is 3. The minimum atomic E-state index is -0.726. The van der Waals surface area contributed by atoms with E-state index in [0.717, 1.165) is 12.8 Å². The first-order chi connectivity index (χ1) is 5.23. The van der Waals surface area contributed by atoms with Gasteiger partial charge in [0.2, 0.25) is 0 Å². The Kier molecular flexibility index (Phi) is 2.87. The van der Waals surface area contributed by atoms with Gasteiger partial charge in [0.25, 0.3) is 0 Å². The Hall–Kier alpha value is -0.120. The van der Waals surface area contributed by atoms with Gasteiger partial charge in [0, 0.05) is 0 Å². The summed E-state index contributed by atoms with van der Waals surface area (Å²) < 4.78 is 0. The summed E-state index contributed by atoms with van der Waals surface area (Å²) >= 11 is 0. The van der Waals surface area contributed by atoms with Gasteiger partial charge in [-0.15, -0.1) is 0 Å². The molecule has 0 aliphatic heterocycles. The van der Waals surface area contributed by atoms with E-state index >= 15 is 0 Å². The van der Waals surface area contributed by atoms with Crippen LogP contribution >= 0.6 is 0 Å². The molecule has 0 unspecified atom stereocenters. The van der Waals surface area contributed by atoms with Gasteiger partial charge in [-0.25, -0.2) is 0 Å². The first-order valence-corrected chi connectivity index (χ1v) is 4.23. The molecule has 3 heteroatoms. The third-order valence-corrected chi connectivity index (χ3v) is 2.76. The van der Waals surface area contributed by atoms with Crippen LogP contribution in [-0.4, -0.2) is 29.0 Å². The molecule has 0 saturated heterocycles. The second kappa shape index (κ2) is 3.52. The van der Waals surface area contributed by atoms with Crippen molar-refractivity contribution in [3.05, 3.63) is 0 Å². The first-order valence-electron chi connectivity index (χ1n) is 4.23. The molecule has 66 valence electrons. The monoisotopic (exact) mass is 159 g/mol. The van der Waals surface area contributed by atoms with Crippen molar-refractivity contribution in [2.24, 2.45) is 11.7 Å². The lowest BCUT2D eigenvalue weighted by Gasteiger charge is -2.31. The van der Waals surface area contributed by atoms with Gasteiger partial charge in [-0.05, 0) is 18.8 Å². The molecule has 3 nitrogen and oxygen atoms in total. The lowest BCUT2D eigenvalue weighted by atomic mass is 9.85. The van der Waals surface area contributed by atoms with Crippen LogP contribution in [0.25, 0.3) is 0 Å². The van der Waals surface area contributed by atoms with Crippen molar-refractivity contribution in [2.45, 2.75) is 31.2 Å². The zero-order valence-corrected chi connectivity index (χ0v) is 6.79. The minimum absolute atomic E-state index is 0.103. The molecule has 0 amide bonds. The molecule has 0 aromatic heterocycles. The summed E-state index contributed by atoms with van der Waals surface area (Å²) in [7, 11) is 0. The summed E-state index contributed by atoms with van der Waals surface area (Å²) in [5.41, 5.74) is 5.08. The van der Waals surface area contributed by atoms with E-state index < -0.39 is 5.54 Å². The van der Waals surface area contributed by atoms with Crippen molar-refractivity contribution in [2.75, 3.05) is 13.2 Å². The van der Waals surface area contributed by atoms with Crippen LogP contribution in [0, 0.1) is 5.92 Å². The number of aliphatic hydroxyl groups excluding tert-OH is 2. The van der Waals surface area contributed by atoms with E-state index in [0.29, 0.717) is 5.92 Å². The Labute approximate surface area is 67.2 Å². The summed E-state index contributed by atoms with van der Waals surface area (Å²) in [5, 5.41) is 17.9. The van der Waals surface area contributed by atoms with Crippen LogP contribution < -0.4 is 5.73 Å². The summed E-state index contributed by atoms with van der Waals surface area (Å²) in [6, 6.07) is 0. The van der Waals surface area contributed by atoms with Crippen molar-refractivity contribution >= 4 is 0 Å². The predicted octanol–water partition coefficient (Wildman–Crippen LogP) is -0.141. The zero-order chi connectivity index (χ0) is 8.32. The Balaban J connectivity index is 2.52. The zero-order valence-electron chi connectivity index (χ0n) is 6.79. The Morgan fingerprint density at radius 2 is 1.64 bits per heavy atom. The number of hydrogen-bond acceptors (Lipinski definition) is 3. The van der Waals surface area contributed by atoms with Gasteiger partial charge >= 0.3 is 0 Å². The van der Waals surface area contributed by atoms with Gasteiger partial charge in [0.1, 0.15) is 0 Å². The molecule has 0 radical (unpaired) electrons. The lowest BCUT2D eigenvalue weighted by Crippen LogP contribution is -2.52. The second-order valence-electron chi connectivity index (χ2n) is 3.53. The molecule has 1 aliphatic carbocycles. The van der Waals surface area contributed by atoms with Crippen LogP contribution in [-0.2, 0) is 0 Å². The van der Waals surface area contributed by atoms with E-state index in [2.05, 4.69) is 0 Å². The van der Waals surface area contributed by atoms with E-state index in [1.54, 1.807) is 0 Å². The summed E-state index contributed by atoms with van der Waals surface area (Å²) in [6.07, 6.45) is 4.47. The number of hydrogen-bond donors (Lipinski definition) is 3. The molecule has 1 aliphatic rings. The maximum Gasteiger partial charge on any atom is 0.0651 e. The van der Waals surface area contributed by atoms with Gasteiger partial charge in [0.05, 0.1) is 18.8 Å². The van der Waals surface area contributed by atoms with Crippen molar-refractivity contribution < 1.29 is 10.2 Å². The van der Waals surface area contributed by atoms with E-state index in [1.807, 2.05) is 0 Å². The standard InChI is InChI=1S/C8H17NO2/c9-8(5-10,6-11)7-3-1-2-4-7/h7,10-11H,1-6,9H2. The average Bonchev–Trinajstić information content (AvgIpc) is 2.55. The van der Waals surface area contributed by atoms with E-state index in [4.69, 9.17) is 15.9 Å². The molecule has 0 spiro atoms. The number of aliphatic hydroxyl groups is 2. The van der Waals surface area contributed by atoms with E-state index in [9.17, 15) is 0 Å². The van der Waals surface area contributed by atoms with Crippen molar-refractivity contribution in [1.29, 1.82) is 0 Å². The lowest BCUT2D eigenvalue weighted by molar-refractivity contribution is 0.0771. The molecule has 11 heavy (non-hydrogen) atoms. The molecule has 0 bridgehead atoms. The molecular formula is C8H17NO2. The van der Waals surface area contributed by atoms with E-state index in [1.165, 1.54) is 12.8 Å². The summed E-state index contributed by atoms with van der Waals surface area (Å²) in [5.74, 6) is 0.317. The van der Waals surface area contributed by atoms with Gasteiger partial charge in [0.15, 0.2) is 0 Å². The highest BCUT2D eigenvalue weighted by molar-refractivity contribution is 4.92. The maximum atomic E-state index is 8.96. The van der Waals surface area contributed by atoms with Gasteiger partial charge in [-0.3, -0.25) is 0 Å². The van der Waals surface area contributed by atoms with Crippen molar-refractivity contribution in [1.82, 2.24) is 0 Å². The van der Waals surface area contributed by atoms with E-state index in [-0.39, 0.29) is 13.2 Å². The molecule has 0 aromatic rings. The first kappa shape index (κ1) is 8.97. The van der Waals surface area contributed by atoms with Crippen LogP contribution in [0.15, 0.2) is 0 Å².